The number of hydrogen-bond donors (Lipinski definition) is 1. The molecule has 0 heterocycles. The summed E-state index contributed by atoms with van der Waals surface area (Å²) in [7, 11) is 0. The summed E-state index contributed by atoms with van der Waals surface area (Å²) < 4.78 is 18.6. The van der Waals surface area contributed by atoms with E-state index < -0.39 is 0 Å². The van der Waals surface area contributed by atoms with Crippen LogP contribution in [0.3, 0.4) is 0 Å². The Kier molecular flexibility index (Phi) is 6.26. The van der Waals surface area contributed by atoms with Gasteiger partial charge in [-0.3, -0.25) is 0 Å². The van der Waals surface area contributed by atoms with Gasteiger partial charge in [0.15, 0.2) is 0 Å². The van der Waals surface area contributed by atoms with Gasteiger partial charge in [0, 0.05) is 5.75 Å². The van der Waals surface area contributed by atoms with Crippen molar-refractivity contribution >= 4 is 11.8 Å². The molecule has 0 aliphatic rings. The number of rotatable bonds is 7. The predicted octanol–water partition coefficient (Wildman–Crippen LogP) is 2.46. The van der Waals surface area contributed by atoms with Crippen molar-refractivity contribution < 1.29 is 9.13 Å². The van der Waals surface area contributed by atoms with Crippen LogP contribution in [-0.4, -0.2) is 24.7 Å². The Hall–Kier alpha value is -0.740. The Morgan fingerprint density at radius 2 is 2.25 bits per heavy atom. The summed E-state index contributed by atoms with van der Waals surface area (Å²) in [4.78, 5) is 0. The number of nitrogens with two attached hydrogens (primary N) is 1. The van der Waals surface area contributed by atoms with Crippen LogP contribution in [0.1, 0.15) is 12.5 Å². The zero-order chi connectivity index (χ0) is 11.8. The zero-order valence-electron chi connectivity index (χ0n) is 9.54. The molecule has 1 aromatic carbocycles. The van der Waals surface area contributed by atoms with Crippen LogP contribution in [0.2, 0.25) is 0 Å². The number of ether oxygens (including phenoxy) is 1. The van der Waals surface area contributed by atoms with Crippen molar-refractivity contribution in [1.82, 2.24) is 0 Å². The summed E-state index contributed by atoms with van der Waals surface area (Å²) in [5, 5.41) is 0. The van der Waals surface area contributed by atoms with Gasteiger partial charge in [-0.2, -0.15) is 11.8 Å². The summed E-state index contributed by atoms with van der Waals surface area (Å²) in [6.07, 6.45) is 0.647. The third-order valence-corrected chi connectivity index (χ3v) is 2.99. The molecule has 1 rings (SSSR count). The maximum atomic E-state index is 13.0. The maximum absolute atomic E-state index is 13.0. The molecule has 0 aromatic heterocycles. The van der Waals surface area contributed by atoms with Gasteiger partial charge in [0.25, 0.3) is 0 Å². The van der Waals surface area contributed by atoms with Crippen molar-refractivity contribution in [1.29, 1.82) is 0 Å². The smallest absolute Gasteiger partial charge is 0.123 e. The maximum Gasteiger partial charge on any atom is 0.123 e. The third-order valence-electron chi connectivity index (χ3n) is 2.13. The molecule has 0 spiro atoms. The normalized spacial score (nSPS) is 10.4. The lowest BCUT2D eigenvalue weighted by Crippen LogP contribution is -2.07. The molecule has 0 amide bonds. The van der Waals surface area contributed by atoms with Gasteiger partial charge in [0.05, 0.1) is 6.61 Å². The van der Waals surface area contributed by atoms with E-state index in [0.29, 0.717) is 19.6 Å². The largest absolute Gasteiger partial charge is 0.492 e. The average molecular weight is 243 g/mol. The second kappa shape index (κ2) is 7.52. The Bertz CT molecular complexity index is 320. The zero-order valence-corrected chi connectivity index (χ0v) is 10.4. The molecule has 0 saturated heterocycles. The average Bonchev–Trinajstić information content (AvgIpc) is 2.27. The Labute approximate surface area is 100 Å². The van der Waals surface area contributed by atoms with Crippen LogP contribution in [0.4, 0.5) is 4.39 Å². The standard InChI is InChI=1S/C12H18FNOS/c1-2-16-8-7-15-12-4-3-11(13)9-10(12)5-6-14/h3-4,9H,2,5-8,14H2,1H3. The summed E-state index contributed by atoms with van der Waals surface area (Å²) in [6.45, 7) is 3.27. The Morgan fingerprint density at radius 3 is 2.94 bits per heavy atom. The first kappa shape index (κ1) is 13.3. The van der Waals surface area contributed by atoms with E-state index >= 15 is 0 Å². The fraction of sp³-hybridized carbons (Fsp3) is 0.500. The van der Waals surface area contributed by atoms with Crippen LogP contribution in [-0.2, 0) is 6.42 Å². The van der Waals surface area contributed by atoms with Gasteiger partial charge >= 0.3 is 0 Å². The van der Waals surface area contributed by atoms with Crippen LogP contribution in [0.15, 0.2) is 18.2 Å². The van der Waals surface area contributed by atoms with Gasteiger partial charge in [-0.1, -0.05) is 6.92 Å². The first-order valence-corrected chi connectivity index (χ1v) is 6.62. The van der Waals surface area contributed by atoms with Gasteiger partial charge in [-0.15, -0.1) is 0 Å². The van der Waals surface area contributed by atoms with E-state index in [1.165, 1.54) is 12.1 Å². The monoisotopic (exact) mass is 243 g/mol. The molecule has 90 valence electrons. The minimum Gasteiger partial charge on any atom is -0.492 e. The molecule has 16 heavy (non-hydrogen) atoms. The van der Waals surface area contributed by atoms with Crippen molar-refractivity contribution in [3.63, 3.8) is 0 Å². The van der Waals surface area contributed by atoms with E-state index in [-0.39, 0.29) is 5.82 Å². The summed E-state index contributed by atoms with van der Waals surface area (Å²) in [5.41, 5.74) is 6.32. The fourth-order valence-corrected chi connectivity index (χ4v) is 1.88. The topological polar surface area (TPSA) is 35.2 Å². The van der Waals surface area contributed by atoms with Gasteiger partial charge in [-0.25, -0.2) is 4.39 Å². The summed E-state index contributed by atoms with van der Waals surface area (Å²) >= 11 is 1.83. The SMILES string of the molecule is CCSCCOc1ccc(F)cc1CCN. The van der Waals surface area contributed by atoms with E-state index in [9.17, 15) is 4.39 Å². The highest BCUT2D eigenvalue weighted by Gasteiger charge is 2.04. The fourth-order valence-electron chi connectivity index (χ4n) is 1.39. The van der Waals surface area contributed by atoms with Crippen LogP contribution in [0.25, 0.3) is 0 Å². The minimum absolute atomic E-state index is 0.237. The molecule has 0 atom stereocenters. The first-order valence-electron chi connectivity index (χ1n) is 5.47. The molecule has 2 nitrogen and oxygen atoms in total. The van der Waals surface area contributed by atoms with Crippen LogP contribution < -0.4 is 10.5 Å². The van der Waals surface area contributed by atoms with Crippen LogP contribution in [0, 0.1) is 5.82 Å². The minimum atomic E-state index is -0.237. The molecular weight excluding hydrogens is 225 g/mol. The Morgan fingerprint density at radius 1 is 1.44 bits per heavy atom. The van der Waals surface area contributed by atoms with Crippen molar-refractivity contribution in [3.8, 4) is 5.75 Å². The molecule has 0 aliphatic heterocycles. The second-order valence-electron chi connectivity index (χ2n) is 3.34. The van der Waals surface area contributed by atoms with Crippen molar-refractivity contribution in [2.45, 2.75) is 13.3 Å². The Balaban J connectivity index is 2.56. The molecule has 4 heteroatoms. The quantitative estimate of drug-likeness (QED) is 0.747. The third kappa shape index (κ3) is 4.41. The second-order valence-corrected chi connectivity index (χ2v) is 4.73. The molecule has 0 aliphatic carbocycles. The molecule has 0 radical (unpaired) electrons. The van der Waals surface area contributed by atoms with Crippen molar-refractivity contribution in [3.05, 3.63) is 29.6 Å². The highest BCUT2D eigenvalue weighted by molar-refractivity contribution is 7.99. The van der Waals surface area contributed by atoms with Crippen LogP contribution in [0.5, 0.6) is 5.75 Å². The lowest BCUT2D eigenvalue weighted by atomic mass is 10.1. The molecule has 0 saturated carbocycles. The molecule has 0 unspecified atom stereocenters. The number of hydrogen-bond acceptors (Lipinski definition) is 3. The first-order chi connectivity index (χ1) is 7.77. The predicted molar refractivity (Wildman–Crippen MR) is 67.7 cm³/mol. The van der Waals surface area contributed by atoms with Crippen molar-refractivity contribution in [2.24, 2.45) is 5.73 Å². The van der Waals surface area contributed by atoms with E-state index in [0.717, 1.165) is 22.8 Å². The number of thioether (sulfide) groups is 1. The van der Waals surface area contributed by atoms with Gasteiger partial charge in [0.2, 0.25) is 0 Å². The van der Waals surface area contributed by atoms with Gasteiger partial charge in [0.1, 0.15) is 11.6 Å². The summed E-state index contributed by atoms with van der Waals surface area (Å²) in [5.74, 6) is 2.56. The lowest BCUT2D eigenvalue weighted by Gasteiger charge is -2.10. The van der Waals surface area contributed by atoms with E-state index in [1.807, 2.05) is 11.8 Å². The highest BCUT2D eigenvalue weighted by atomic mass is 32.2. The molecule has 0 fully saturated rings. The van der Waals surface area contributed by atoms with E-state index in [1.54, 1.807) is 6.07 Å². The lowest BCUT2D eigenvalue weighted by molar-refractivity contribution is 0.339. The van der Waals surface area contributed by atoms with Gasteiger partial charge in [-0.05, 0) is 42.5 Å². The molecule has 2 N–H and O–H groups in total. The van der Waals surface area contributed by atoms with Gasteiger partial charge < -0.3 is 10.5 Å². The molecular formula is C12H18FNOS. The summed E-state index contributed by atoms with van der Waals surface area (Å²) in [6, 6.07) is 4.59. The highest BCUT2D eigenvalue weighted by Crippen LogP contribution is 2.20. The van der Waals surface area contributed by atoms with E-state index in [2.05, 4.69) is 6.92 Å². The number of halogens is 1. The molecule has 0 bridgehead atoms. The van der Waals surface area contributed by atoms with E-state index in [4.69, 9.17) is 10.5 Å². The van der Waals surface area contributed by atoms with Crippen molar-refractivity contribution in [2.75, 3.05) is 24.7 Å². The number of benzene rings is 1. The molecule has 1 aromatic rings. The van der Waals surface area contributed by atoms with Crippen LogP contribution >= 0.6 is 11.8 Å².